The third-order valence-corrected chi connectivity index (χ3v) is 5.76. The van der Waals surface area contributed by atoms with Crippen molar-refractivity contribution in [2.24, 2.45) is 17.6 Å². The summed E-state index contributed by atoms with van der Waals surface area (Å²) in [6.07, 6.45) is -14.7. The van der Waals surface area contributed by atoms with E-state index in [1.165, 1.54) is 6.07 Å². The SMILES string of the molecule is NC(=O)[C@@H](CCC(F)(F)F)[C@@H](CCC(F)(F)F)C(=O)Nc1nc(-c2ccccc2)c2ccccc2nc1=O. The van der Waals surface area contributed by atoms with Gasteiger partial charge in [-0.3, -0.25) is 14.4 Å². The molecule has 0 saturated carbocycles. The number of rotatable bonds is 9. The number of alkyl halides is 6. The molecule has 202 valence electrons. The minimum atomic E-state index is -4.77. The van der Waals surface area contributed by atoms with E-state index in [0.29, 0.717) is 10.9 Å². The van der Waals surface area contributed by atoms with Crippen LogP contribution in [0.4, 0.5) is 32.2 Å². The minimum Gasteiger partial charge on any atom is -0.369 e. The van der Waals surface area contributed by atoms with Gasteiger partial charge in [0, 0.05) is 29.7 Å². The Morgan fingerprint density at radius 1 is 0.816 bits per heavy atom. The van der Waals surface area contributed by atoms with E-state index < -0.39 is 73.1 Å². The summed E-state index contributed by atoms with van der Waals surface area (Å²) in [5.41, 5.74) is 5.09. The van der Waals surface area contributed by atoms with Gasteiger partial charge in [-0.2, -0.15) is 26.3 Å². The predicted molar refractivity (Wildman–Crippen MR) is 127 cm³/mol. The zero-order valence-corrected chi connectivity index (χ0v) is 19.6. The number of nitrogens with one attached hydrogen (secondary N) is 1. The highest BCUT2D eigenvalue weighted by atomic mass is 19.4. The van der Waals surface area contributed by atoms with E-state index in [9.17, 15) is 40.7 Å². The maximum Gasteiger partial charge on any atom is 0.389 e. The lowest BCUT2D eigenvalue weighted by Gasteiger charge is -2.24. The van der Waals surface area contributed by atoms with Gasteiger partial charge in [-0.05, 0) is 18.9 Å². The van der Waals surface area contributed by atoms with E-state index in [-0.39, 0.29) is 11.2 Å². The predicted octanol–water partition coefficient (Wildman–Crippen LogP) is 5.00. The Balaban J connectivity index is 2.07. The van der Waals surface area contributed by atoms with Crippen LogP contribution in [0.15, 0.2) is 59.4 Å². The summed E-state index contributed by atoms with van der Waals surface area (Å²) in [6, 6.07) is 14.8. The third kappa shape index (κ3) is 7.73. The molecule has 3 N–H and O–H groups in total. The van der Waals surface area contributed by atoms with Crippen LogP contribution in [0.5, 0.6) is 0 Å². The molecular formula is C25H22F6N4O3. The first-order valence-corrected chi connectivity index (χ1v) is 11.4. The Morgan fingerprint density at radius 2 is 1.37 bits per heavy atom. The lowest BCUT2D eigenvalue weighted by atomic mass is 9.83. The average molecular weight is 540 g/mol. The number of primary amides is 1. The first kappa shape index (κ1) is 28.5. The van der Waals surface area contributed by atoms with Gasteiger partial charge in [-0.1, -0.05) is 48.5 Å². The van der Waals surface area contributed by atoms with Crippen LogP contribution in [0, 0.1) is 11.8 Å². The largest absolute Gasteiger partial charge is 0.389 e. The van der Waals surface area contributed by atoms with Crippen molar-refractivity contribution < 1.29 is 35.9 Å². The number of nitrogens with zero attached hydrogens (tertiary/aromatic N) is 2. The highest BCUT2D eigenvalue weighted by molar-refractivity contribution is 5.97. The Kier molecular flexibility index (Phi) is 8.69. The Bertz CT molecular complexity index is 1360. The summed E-state index contributed by atoms with van der Waals surface area (Å²) in [4.78, 5) is 46.1. The second kappa shape index (κ2) is 11.6. The summed E-state index contributed by atoms with van der Waals surface area (Å²) < 4.78 is 77.3. The smallest absolute Gasteiger partial charge is 0.369 e. The molecule has 0 saturated heterocycles. The molecule has 0 bridgehead atoms. The van der Waals surface area contributed by atoms with Crippen LogP contribution >= 0.6 is 0 Å². The third-order valence-electron chi connectivity index (χ3n) is 5.76. The van der Waals surface area contributed by atoms with E-state index in [1.54, 1.807) is 48.5 Å². The molecule has 0 aliphatic heterocycles. The molecule has 0 unspecified atom stereocenters. The molecule has 7 nitrogen and oxygen atoms in total. The molecule has 0 radical (unpaired) electrons. The fraction of sp³-hybridized carbons (Fsp3) is 0.320. The summed E-state index contributed by atoms with van der Waals surface area (Å²) >= 11 is 0. The molecule has 1 heterocycles. The number of hydrogen-bond donors (Lipinski definition) is 2. The van der Waals surface area contributed by atoms with Gasteiger partial charge >= 0.3 is 17.9 Å². The summed E-state index contributed by atoms with van der Waals surface area (Å²) in [5, 5.41) is 2.52. The Morgan fingerprint density at radius 3 is 1.95 bits per heavy atom. The molecule has 0 fully saturated rings. The van der Waals surface area contributed by atoms with Crippen molar-refractivity contribution in [3.8, 4) is 11.3 Å². The van der Waals surface area contributed by atoms with Crippen LogP contribution in [-0.4, -0.2) is 34.1 Å². The highest BCUT2D eigenvalue weighted by Crippen LogP contribution is 2.33. The Hall–Kier alpha value is -4.03. The monoisotopic (exact) mass is 540 g/mol. The number of halogens is 6. The molecule has 2 amide bonds. The molecule has 0 aliphatic rings. The van der Waals surface area contributed by atoms with Crippen LogP contribution in [0.25, 0.3) is 22.2 Å². The summed E-state index contributed by atoms with van der Waals surface area (Å²) in [7, 11) is 0. The second-order valence-electron chi connectivity index (χ2n) is 8.52. The molecular weight excluding hydrogens is 518 g/mol. The van der Waals surface area contributed by atoms with Gasteiger partial charge in [0.25, 0.3) is 0 Å². The number of benzene rings is 2. The first-order chi connectivity index (χ1) is 17.7. The molecule has 1 aromatic heterocycles. The number of aromatic nitrogens is 2. The zero-order chi connectivity index (χ0) is 28.1. The lowest BCUT2D eigenvalue weighted by Crippen LogP contribution is -2.39. The van der Waals surface area contributed by atoms with Gasteiger partial charge in [0.2, 0.25) is 17.6 Å². The van der Waals surface area contributed by atoms with E-state index in [2.05, 4.69) is 15.3 Å². The molecule has 13 heteroatoms. The van der Waals surface area contributed by atoms with Gasteiger partial charge in [0.1, 0.15) is 0 Å². The van der Waals surface area contributed by atoms with Crippen molar-refractivity contribution in [2.75, 3.05) is 5.32 Å². The van der Waals surface area contributed by atoms with Crippen molar-refractivity contribution in [3.05, 3.63) is 65.0 Å². The standard InChI is InChI=1S/C25H22F6N4O3/c26-24(27,28)12-10-15(20(32)36)16(11-13-25(29,30)31)22(37)35-21-23(38)33-18-9-5-4-8-17(18)19(34-21)14-6-2-1-3-7-14/h1-9,15-16H,10-13H2,(H2,32,36)(H,33,34,35,37,38)/t15-,16+/m0/s1. The van der Waals surface area contributed by atoms with Gasteiger partial charge in [0.15, 0.2) is 0 Å². The number of fused-ring (bicyclic) bond motifs is 1. The van der Waals surface area contributed by atoms with Crippen molar-refractivity contribution in [1.29, 1.82) is 0 Å². The first-order valence-electron chi connectivity index (χ1n) is 11.4. The van der Waals surface area contributed by atoms with Crippen LogP contribution in [0.3, 0.4) is 0 Å². The second-order valence-corrected chi connectivity index (χ2v) is 8.52. The number of anilines is 1. The number of para-hydroxylation sites is 1. The molecule has 2 aromatic carbocycles. The highest BCUT2D eigenvalue weighted by Gasteiger charge is 2.39. The van der Waals surface area contributed by atoms with Crippen molar-refractivity contribution in [1.82, 2.24) is 9.97 Å². The quantitative estimate of drug-likeness (QED) is 0.371. The number of amides is 2. The molecule has 0 aliphatic carbocycles. The fourth-order valence-electron chi connectivity index (χ4n) is 3.96. The van der Waals surface area contributed by atoms with Gasteiger partial charge < -0.3 is 11.1 Å². The molecule has 0 spiro atoms. The van der Waals surface area contributed by atoms with E-state index in [0.717, 1.165) is 0 Å². The van der Waals surface area contributed by atoms with Gasteiger partial charge in [-0.25, -0.2) is 9.97 Å². The Labute approximate surface area is 212 Å². The van der Waals surface area contributed by atoms with E-state index in [1.807, 2.05) is 0 Å². The molecule has 38 heavy (non-hydrogen) atoms. The van der Waals surface area contributed by atoms with E-state index >= 15 is 0 Å². The number of hydrogen-bond acceptors (Lipinski definition) is 5. The van der Waals surface area contributed by atoms with Crippen LogP contribution in [0.1, 0.15) is 25.7 Å². The number of nitrogens with two attached hydrogens (primary N) is 1. The lowest BCUT2D eigenvalue weighted by molar-refractivity contribution is -0.150. The van der Waals surface area contributed by atoms with E-state index in [4.69, 9.17) is 5.73 Å². The number of carbonyl (C=O) groups excluding carboxylic acids is 2. The average Bonchev–Trinajstić information content (AvgIpc) is 2.96. The van der Waals surface area contributed by atoms with Crippen molar-refractivity contribution in [3.63, 3.8) is 0 Å². The maximum atomic E-state index is 13.1. The maximum absolute atomic E-state index is 13.1. The van der Waals surface area contributed by atoms with Crippen molar-refractivity contribution >= 4 is 28.5 Å². The zero-order valence-electron chi connectivity index (χ0n) is 19.6. The molecule has 3 aromatic rings. The van der Waals surface area contributed by atoms with Gasteiger partial charge in [-0.15, -0.1) is 0 Å². The van der Waals surface area contributed by atoms with Crippen LogP contribution < -0.4 is 16.6 Å². The van der Waals surface area contributed by atoms with Crippen LogP contribution in [-0.2, 0) is 9.59 Å². The molecule has 2 atom stereocenters. The fourth-order valence-corrected chi connectivity index (χ4v) is 3.96. The topological polar surface area (TPSA) is 115 Å². The minimum absolute atomic E-state index is 0.207. The normalized spacial score (nSPS) is 13.6. The van der Waals surface area contributed by atoms with Crippen LogP contribution in [0.2, 0.25) is 0 Å². The molecule has 3 rings (SSSR count). The summed E-state index contributed by atoms with van der Waals surface area (Å²) in [5.74, 6) is -7.15. The van der Waals surface area contributed by atoms with Crippen molar-refractivity contribution in [2.45, 2.75) is 38.0 Å². The number of carbonyl (C=O) groups is 2. The summed E-state index contributed by atoms with van der Waals surface area (Å²) in [6.45, 7) is 0. The van der Waals surface area contributed by atoms with Gasteiger partial charge in [0.05, 0.1) is 17.1 Å².